The van der Waals surface area contributed by atoms with Crippen molar-refractivity contribution in [3.63, 3.8) is 0 Å². The summed E-state index contributed by atoms with van der Waals surface area (Å²) in [6, 6.07) is 0. The van der Waals surface area contributed by atoms with E-state index in [2.05, 4.69) is 27.7 Å². The summed E-state index contributed by atoms with van der Waals surface area (Å²) in [6.45, 7) is 9.20. The lowest BCUT2D eigenvalue weighted by Crippen LogP contribution is -2.31. The minimum absolute atomic E-state index is 0.190. The fourth-order valence-corrected chi connectivity index (χ4v) is 2.07. The molecule has 1 heteroatoms. The summed E-state index contributed by atoms with van der Waals surface area (Å²) >= 11 is 0. The predicted octanol–water partition coefficient (Wildman–Crippen LogP) is 3.22. The Hall–Kier alpha value is -0.0400. The summed E-state index contributed by atoms with van der Waals surface area (Å²) in [5.41, 5.74) is 0.190. The highest BCUT2D eigenvalue weighted by Crippen LogP contribution is 2.37. The molecule has 1 N–H and O–H groups in total. The Kier molecular flexibility index (Phi) is 5.56. The van der Waals surface area contributed by atoms with Gasteiger partial charge in [0.05, 0.1) is 0 Å². The smallest absolute Gasteiger partial charge is 0.0489 e. The Morgan fingerprint density at radius 3 is 1.92 bits per heavy atom. The van der Waals surface area contributed by atoms with Crippen LogP contribution in [0.4, 0.5) is 0 Å². The molecule has 0 aromatic heterocycles. The molecule has 0 aliphatic carbocycles. The zero-order valence-corrected chi connectivity index (χ0v) is 9.06. The van der Waals surface area contributed by atoms with E-state index in [1.165, 1.54) is 12.8 Å². The first-order valence-corrected chi connectivity index (χ1v) is 5.27. The molecule has 0 amide bonds. The van der Waals surface area contributed by atoms with Gasteiger partial charge in [-0.1, -0.05) is 40.5 Å². The SMILES string of the molecule is CCCC(C)C(CC)(CC)CO. The second-order valence-electron chi connectivity index (χ2n) is 3.92. The average Bonchev–Trinajstić information content (AvgIpc) is 2.09. The molecule has 0 aliphatic heterocycles. The van der Waals surface area contributed by atoms with Crippen LogP contribution in [0.1, 0.15) is 53.4 Å². The Labute approximate surface area is 77.2 Å². The van der Waals surface area contributed by atoms with Crippen LogP contribution in [0.2, 0.25) is 0 Å². The number of rotatable bonds is 6. The maximum Gasteiger partial charge on any atom is 0.0489 e. The van der Waals surface area contributed by atoms with Gasteiger partial charge in [0.25, 0.3) is 0 Å². The second kappa shape index (κ2) is 5.58. The van der Waals surface area contributed by atoms with Crippen LogP contribution in [0.5, 0.6) is 0 Å². The monoisotopic (exact) mass is 172 g/mol. The van der Waals surface area contributed by atoms with Gasteiger partial charge in [0.2, 0.25) is 0 Å². The number of aliphatic hydroxyl groups excluding tert-OH is 1. The Morgan fingerprint density at radius 1 is 1.17 bits per heavy atom. The maximum absolute atomic E-state index is 9.37. The van der Waals surface area contributed by atoms with Crippen molar-refractivity contribution >= 4 is 0 Å². The van der Waals surface area contributed by atoms with Crippen LogP contribution in [-0.4, -0.2) is 11.7 Å². The third-order valence-corrected chi connectivity index (χ3v) is 3.49. The first-order chi connectivity index (χ1) is 5.66. The third-order valence-electron chi connectivity index (χ3n) is 3.49. The zero-order valence-electron chi connectivity index (χ0n) is 9.06. The van der Waals surface area contributed by atoms with Gasteiger partial charge in [-0.05, 0) is 24.2 Å². The van der Waals surface area contributed by atoms with Crippen molar-refractivity contribution in [2.24, 2.45) is 11.3 Å². The van der Waals surface area contributed by atoms with E-state index < -0.39 is 0 Å². The number of aliphatic hydroxyl groups is 1. The zero-order chi connectivity index (χ0) is 9.61. The fraction of sp³-hybridized carbons (Fsp3) is 1.00. The second-order valence-corrected chi connectivity index (χ2v) is 3.92. The highest BCUT2D eigenvalue weighted by molar-refractivity contribution is 4.80. The molecule has 0 aromatic carbocycles. The van der Waals surface area contributed by atoms with Crippen molar-refractivity contribution in [1.29, 1.82) is 0 Å². The highest BCUT2D eigenvalue weighted by atomic mass is 16.3. The van der Waals surface area contributed by atoms with Crippen molar-refractivity contribution in [3.05, 3.63) is 0 Å². The molecular weight excluding hydrogens is 148 g/mol. The summed E-state index contributed by atoms with van der Waals surface area (Å²) in [6.07, 6.45) is 4.66. The molecular formula is C11H24O. The van der Waals surface area contributed by atoms with Gasteiger partial charge in [0, 0.05) is 6.61 Å². The van der Waals surface area contributed by atoms with Gasteiger partial charge in [-0.15, -0.1) is 0 Å². The third kappa shape index (κ3) is 2.48. The Morgan fingerprint density at radius 2 is 1.67 bits per heavy atom. The molecule has 1 atom stereocenters. The lowest BCUT2D eigenvalue weighted by atomic mass is 9.71. The van der Waals surface area contributed by atoms with Gasteiger partial charge in [0.15, 0.2) is 0 Å². The molecule has 0 bridgehead atoms. The molecule has 0 heterocycles. The predicted molar refractivity (Wildman–Crippen MR) is 54.2 cm³/mol. The topological polar surface area (TPSA) is 20.2 Å². The van der Waals surface area contributed by atoms with Crippen LogP contribution in [0.15, 0.2) is 0 Å². The molecule has 1 nitrogen and oxygen atoms in total. The summed E-state index contributed by atoms with van der Waals surface area (Å²) in [4.78, 5) is 0. The van der Waals surface area contributed by atoms with Crippen LogP contribution < -0.4 is 0 Å². The molecule has 0 spiro atoms. The summed E-state index contributed by atoms with van der Waals surface area (Å²) in [5, 5.41) is 9.37. The Bertz CT molecular complexity index is 97.3. The van der Waals surface area contributed by atoms with Crippen LogP contribution >= 0.6 is 0 Å². The summed E-state index contributed by atoms with van der Waals surface area (Å²) in [7, 11) is 0. The van der Waals surface area contributed by atoms with Crippen molar-refractivity contribution in [3.8, 4) is 0 Å². The molecule has 74 valence electrons. The van der Waals surface area contributed by atoms with Gasteiger partial charge >= 0.3 is 0 Å². The van der Waals surface area contributed by atoms with E-state index >= 15 is 0 Å². The lowest BCUT2D eigenvalue weighted by Gasteiger charge is -2.36. The molecule has 0 rings (SSSR count). The van der Waals surface area contributed by atoms with E-state index in [0.29, 0.717) is 12.5 Å². The van der Waals surface area contributed by atoms with Crippen LogP contribution in [0.3, 0.4) is 0 Å². The van der Waals surface area contributed by atoms with Gasteiger partial charge in [-0.2, -0.15) is 0 Å². The molecule has 0 fully saturated rings. The highest BCUT2D eigenvalue weighted by Gasteiger charge is 2.30. The minimum Gasteiger partial charge on any atom is -0.396 e. The van der Waals surface area contributed by atoms with Crippen molar-refractivity contribution < 1.29 is 5.11 Å². The minimum atomic E-state index is 0.190. The molecule has 12 heavy (non-hydrogen) atoms. The Balaban J connectivity index is 4.24. The normalized spacial score (nSPS) is 14.8. The molecule has 0 saturated heterocycles. The number of hydrogen-bond donors (Lipinski definition) is 1. The maximum atomic E-state index is 9.37. The summed E-state index contributed by atoms with van der Waals surface area (Å²) < 4.78 is 0. The van der Waals surface area contributed by atoms with Crippen molar-refractivity contribution in [1.82, 2.24) is 0 Å². The molecule has 0 saturated carbocycles. The lowest BCUT2D eigenvalue weighted by molar-refractivity contribution is 0.0551. The van der Waals surface area contributed by atoms with Crippen molar-refractivity contribution in [2.75, 3.05) is 6.61 Å². The van der Waals surface area contributed by atoms with Gasteiger partial charge in [-0.3, -0.25) is 0 Å². The molecule has 0 aromatic rings. The number of hydrogen-bond acceptors (Lipinski definition) is 1. The average molecular weight is 172 g/mol. The van der Waals surface area contributed by atoms with E-state index in [0.717, 1.165) is 12.8 Å². The largest absolute Gasteiger partial charge is 0.396 e. The van der Waals surface area contributed by atoms with Crippen LogP contribution in [0, 0.1) is 11.3 Å². The van der Waals surface area contributed by atoms with E-state index in [4.69, 9.17) is 0 Å². The first kappa shape index (κ1) is 12.0. The first-order valence-electron chi connectivity index (χ1n) is 5.27. The van der Waals surface area contributed by atoms with Crippen molar-refractivity contribution in [2.45, 2.75) is 53.4 Å². The molecule has 1 unspecified atom stereocenters. The van der Waals surface area contributed by atoms with Gasteiger partial charge < -0.3 is 5.11 Å². The van der Waals surface area contributed by atoms with Gasteiger partial charge in [-0.25, -0.2) is 0 Å². The quantitative estimate of drug-likeness (QED) is 0.652. The molecule has 0 aliphatic rings. The standard InChI is InChI=1S/C11H24O/c1-5-8-10(4)11(6-2,7-3)9-12/h10,12H,5-9H2,1-4H3. The molecule has 0 radical (unpaired) electrons. The van der Waals surface area contributed by atoms with Crippen LogP contribution in [-0.2, 0) is 0 Å². The van der Waals surface area contributed by atoms with E-state index in [1.54, 1.807) is 0 Å². The van der Waals surface area contributed by atoms with Gasteiger partial charge in [0.1, 0.15) is 0 Å². The van der Waals surface area contributed by atoms with Crippen LogP contribution in [0.25, 0.3) is 0 Å². The van der Waals surface area contributed by atoms with E-state index in [9.17, 15) is 5.11 Å². The van der Waals surface area contributed by atoms with E-state index in [-0.39, 0.29) is 5.41 Å². The fourth-order valence-electron chi connectivity index (χ4n) is 2.07. The van der Waals surface area contributed by atoms with E-state index in [1.807, 2.05) is 0 Å². The summed E-state index contributed by atoms with van der Waals surface area (Å²) in [5.74, 6) is 0.655.